The molecule has 1 heterocycles. The van der Waals surface area contributed by atoms with Crippen molar-refractivity contribution in [3.63, 3.8) is 0 Å². The van der Waals surface area contributed by atoms with Gasteiger partial charge in [0.25, 0.3) is 0 Å². The van der Waals surface area contributed by atoms with Crippen LogP contribution in [0.1, 0.15) is 47.5 Å². The molecule has 1 saturated heterocycles. The van der Waals surface area contributed by atoms with E-state index in [-0.39, 0.29) is 28.5 Å². The third-order valence-corrected chi connectivity index (χ3v) is 5.90. The Hall–Kier alpha value is -0.780. The fourth-order valence-corrected chi connectivity index (χ4v) is 4.55. The van der Waals surface area contributed by atoms with Gasteiger partial charge in [-0.25, -0.2) is 13.2 Å². The van der Waals surface area contributed by atoms with E-state index in [1.54, 1.807) is 4.90 Å². The number of amides is 2. The van der Waals surface area contributed by atoms with E-state index in [0.717, 1.165) is 0 Å². The summed E-state index contributed by atoms with van der Waals surface area (Å²) >= 11 is 0. The molecular weight excluding hydrogens is 276 g/mol. The first-order chi connectivity index (χ1) is 9.01. The number of urea groups is 1. The van der Waals surface area contributed by atoms with Gasteiger partial charge >= 0.3 is 6.03 Å². The van der Waals surface area contributed by atoms with Crippen LogP contribution in [0.2, 0.25) is 0 Å². The molecule has 0 atom stereocenters. The first-order valence-corrected chi connectivity index (χ1v) is 9.01. The normalized spacial score (nSPS) is 18.4. The first-order valence-electron chi connectivity index (χ1n) is 7.30. The van der Waals surface area contributed by atoms with Crippen molar-refractivity contribution in [2.75, 3.05) is 18.8 Å². The Labute approximate surface area is 123 Å². The topological polar surface area (TPSA) is 66.5 Å². The number of piperidine rings is 1. The molecule has 0 unspecified atom stereocenters. The summed E-state index contributed by atoms with van der Waals surface area (Å²) in [5.41, 5.74) is -0.266. The molecule has 0 aromatic carbocycles. The van der Waals surface area contributed by atoms with Crippen LogP contribution in [-0.2, 0) is 9.84 Å². The molecule has 6 heteroatoms. The molecular formula is C14H28N2O3S. The van der Waals surface area contributed by atoms with Gasteiger partial charge in [-0.3, -0.25) is 0 Å². The maximum atomic E-state index is 12.2. The lowest BCUT2D eigenvalue weighted by atomic mass is 10.1. The average molecular weight is 304 g/mol. The number of rotatable bonds is 3. The molecule has 5 nitrogen and oxygen atoms in total. The summed E-state index contributed by atoms with van der Waals surface area (Å²) in [5, 5.41) is 2.62. The third-order valence-electron chi connectivity index (χ3n) is 3.28. The van der Waals surface area contributed by atoms with E-state index in [0.29, 0.717) is 25.9 Å². The van der Waals surface area contributed by atoms with Gasteiger partial charge in [-0.2, -0.15) is 0 Å². The summed E-state index contributed by atoms with van der Waals surface area (Å²) in [7, 11) is -3.03. The van der Waals surface area contributed by atoms with Gasteiger partial charge in [0.1, 0.15) is 0 Å². The van der Waals surface area contributed by atoms with Crippen molar-refractivity contribution in [3.8, 4) is 0 Å². The Morgan fingerprint density at radius 3 is 2.15 bits per heavy atom. The molecule has 1 fully saturated rings. The SMILES string of the molecule is CC(C)CS(=O)(=O)C1CCN(C(=O)NC(C)(C)C)CC1. The Balaban J connectivity index is 2.54. The Bertz CT molecular complexity index is 430. The maximum absolute atomic E-state index is 12.2. The molecule has 0 radical (unpaired) electrons. The Morgan fingerprint density at radius 1 is 1.25 bits per heavy atom. The minimum absolute atomic E-state index is 0.0998. The van der Waals surface area contributed by atoms with E-state index in [4.69, 9.17) is 0 Å². The summed E-state index contributed by atoms with van der Waals surface area (Å²) in [5.74, 6) is 0.397. The van der Waals surface area contributed by atoms with E-state index in [1.807, 2.05) is 34.6 Å². The predicted octanol–water partition coefficient (Wildman–Crippen LogP) is 2.03. The largest absolute Gasteiger partial charge is 0.333 e. The van der Waals surface area contributed by atoms with Crippen molar-refractivity contribution in [1.82, 2.24) is 10.2 Å². The molecule has 0 aromatic heterocycles. The number of carbonyl (C=O) groups is 1. The predicted molar refractivity (Wildman–Crippen MR) is 81.5 cm³/mol. The number of nitrogens with one attached hydrogen (secondary N) is 1. The second-order valence-electron chi connectivity index (χ2n) is 7.09. The molecule has 2 amide bonds. The monoisotopic (exact) mass is 304 g/mol. The van der Waals surface area contributed by atoms with Gasteiger partial charge in [0.15, 0.2) is 9.84 Å². The standard InChI is InChI=1S/C14H28N2O3S/c1-11(2)10-20(18,19)12-6-8-16(9-7-12)13(17)15-14(3,4)5/h11-12H,6-10H2,1-5H3,(H,15,17). The highest BCUT2D eigenvalue weighted by Gasteiger charge is 2.32. The molecule has 1 aliphatic rings. The van der Waals surface area contributed by atoms with Crippen molar-refractivity contribution in [2.45, 2.75) is 58.2 Å². The van der Waals surface area contributed by atoms with Crippen molar-refractivity contribution < 1.29 is 13.2 Å². The van der Waals surface area contributed by atoms with E-state index >= 15 is 0 Å². The van der Waals surface area contributed by atoms with E-state index in [1.165, 1.54) is 0 Å². The first kappa shape index (κ1) is 17.3. The van der Waals surface area contributed by atoms with E-state index < -0.39 is 9.84 Å². The van der Waals surface area contributed by atoms with Crippen molar-refractivity contribution in [2.24, 2.45) is 5.92 Å². The van der Waals surface area contributed by atoms with Gasteiger partial charge in [0, 0.05) is 18.6 Å². The molecule has 1 rings (SSSR count). The molecule has 1 aliphatic heterocycles. The summed E-state index contributed by atoms with van der Waals surface area (Å²) in [6, 6.07) is -0.0998. The molecule has 0 aromatic rings. The summed E-state index contributed by atoms with van der Waals surface area (Å²) in [6.07, 6.45) is 1.10. The van der Waals surface area contributed by atoms with Crippen LogP contribution in [0.25, 0.3) is 0 Å². The van der Waals surface area contributed by atoms with Crippen LogP contribution in [0.5, 0.6) is 0 Å². The number of likely N-dealkylation sites (tertiary alicyclic amines) is 1. The molecule has 1 N–H and O–H groups in total. The maximum Gasteiger partial charge on any atom is 0.317 e. The van der Waals surface area contributed by atoms with Crippen molar-refractivity contribution >= 4 is 15.9 Å². The van der Waals surface area contributed by atoms with Gasteiger partial charge in [0.05, 0.1) is 11.0 Å². The zero-order valence-corrected chi connectivity index (χ0v) is 14.1. The number of carbonyl (C=O) groups excluding carboxylic acids is 1. The molecule has 0 saturated carbocycles. The molecule has 20 heavy (non-hydrogen) atoms. The van der Waals surface area contributed by atoms with Crippen molar-refractivity contribution in [1.29, 1.82) is 0 Å². The Morgan fingerprint density at radius 2 is 1.75 bits per heavy atom. The van der Waals surface area contributed by atoms with Crippen LogP contribution >= 0.6 is 0 Å². The zero-order valence-electron chi connectivity index (χ0n) is 13.3. The van der Waals surface area contributed by atoms with Crippen LogP contribution in [0.3, 0.4) is 0 Å². The number of sulfone groups is 1. The van der Waals surface area contributed by atoms with E-state index in [9.17, 15) is 13.2 Å². The fraction of sp³-hybridized carbons (Fsp3) is 0.929. The lowest BCUT2D eigenvalue weighted by Gasteiger charge is -2.34. The second kappa shape index (κ2) is 6.33. The van der Waals surface area contributed by atoms with Crippen molar-refractivity contribution in [3.05, 3.63) is 0 Å². The highest BCUT2D eigenvalue weighted by molar-refractivity contribution is 7.92. The smallest absolute Gasteiger partial charge is 0.317 e. The minimum Gasteiger partial charge on any atom is -0.333 e. The second-order valence-corrected chi connectivity index (χ2v) is 9.42. The quantitative estimate of drug-likeness (QED) is 0.867. The number of nitrogens with zero attached hydrogens (tertiary/aromatic N) is 1. The highest BCUT2D eigenvalue weighted by atomic mass is 32.2. The lowest BCUT2D eigenvalue weighted by Crippen LogP contribution is -2.52. The molecule has 0 bridgehead atoms. The van der Waals surface area contributed by atoms with E-state index in [2.05, 4.69) is 5.32 Å². The van der Waals surface area contributed by atoms with Crippen LogP contribution < -0.4 is 5.32 Å². The lowest BCUT2D eigenvalue weighted by molar-refractivity contribution is 0.178. The number of hydrogen-bond acceptors (Lipinski definition) is 3. The van der Waals surface area contributed by atoms with Gasteiger partial charge in [-0.05, 0) is 39.5 Å². The summed E-state index contributed by atoms with van der Waals surface area (Å²) in [4.78, 5) is 13.7. The zero-order chi connectivity index (χ0) is 15.6. The van der Waals surface area contributed by atoms with Gasteiger partial charge in [-0.1, -0.05) is 13.8 Å². The van der Waals surface area contributed by atoms with Crippen LogP contribution in [0, 0.1) is 5.92 Å². The molecule has 0 aliphatic carbocycles. The number of hydrogen-bond donors (Lipinski definition) is 1. The van der Waals surface area contributed by atoms with Gasteiger partial charge in [-0.15, -0.1) is 0 Å². The summed E-state index contributed by atoms with van der Waals surface area (Å²) < 4.78 is 24.4. The molecule has 118 valence electrons. The minimum atomic E-state index is -3.03. The fourth-order valence-electron chi connectivity index (χ4n) is 2.42. The van der Waals surface area contributed by atoms with Gasteiger partial charge in [0.2, 0.25) is 0 Å². The Kier molecular flexibility index (Phi) is 5.46. The third kappa shape index (κ3) is 5.31. The van der Waals surface area contributed by atoms with Crippen LogP contribution in [-0.4, -0.2) is 49.0 Å². The van der Waals surface area contributed by atoms with Crippen LogP contribution in [0.4, 0.5) is 4.79 Å². The molecule has 0 spiro atoms. The average Bonchev–Trinajstić information content (AvgIpc) is 2.25. The van der Waals surface area contributed by atoms with Crippen LogP contribution in [0.15, 0.2) is 0 Å². The highest BCUT2D eigenvalue weighted by Crippen LogP contribution is 2.20. The van der Waals surface area contributed by atoms with Gasteiger partial charge < -0.3 is 10.2 Å². The summed E-state index contributed by atoms with van der Waals surface area (Å²) in [6.45, 7) is 10.7.